The van der Waals surface area contributed by atoms with Crippen LogP contribution in [0, 0.1) is 0 Å². The minimum Gasteiger partial charge on any atom is -0.378 e. The number of aromatic nitrogens is 4. The SMILES string of the molecule is Nc1ncc(-c2nc(N3CCOCC3)nc3c2CCN3C(=O)NC2CCNCC2)cn1. The van der Waals surface area contributed by atoms with Crippen LogP contribution < -0.4 is 26.2 Å². The van der Waals surface area contributed by atoms with Crippen LogP contribution in [0.3, 0.4) is 0 Å². The number of fused-ring (bicyclic) bond motifs is 1. The molecule has 5 rings (SSSR count). The highest BCUT2D eigenvalue weighted by Gasteiger charge is 2.32. The lowest BCUT2D eigenvalue weighted by molar-refractivity contribution is 0.122. The van der Waals surface area contributed by atoms with Gasteiger partial charge in [0.15, 0.2) is 0 Å². The molecule has 2 saturated heterocycles. The zero-order valence-electron chi connectivity index (χ0n) is 17.4. The van der Waals surface area contributed by atoms with Crippen molar-refractivity contribution in [1.82, 2.24) is 30.6 Å². The maximum absolute atomic E-state index is 13.1. The van der Waals surface area contributed by atoms with Crippen LogP contribution in [-0.2, 0) is 11.2 Å². The Kier molecular flexibility index (Phi) is 5.51. The van der Waals surface area contributed by atoms with Crippen LogP contribution in [0.5, 0.6) is 0 Å². The number of rotatable bonds is 3. The molecule has 2 amide bonds. The van der Waals surface area contributed by atoms with Crippen molar-refractivity contribution < 1.29 is 9.53 Å². The molecular formula is C20H27N9O2. The van der Waals surface area contributed by atoms with Crippen LogP contribution in [0.25, 0.3) is 11.3 Å². The largest absolute Gasteiger partial charge is 0.378 e. The lowest BCUT2D eigenvalue weighted by Gasteiger charge is -2.29. The number of urea groups is 1. The van der Waals surface area contributed by atoms with Crippen molar-refractivity contribution in [2.24, 2.45) is 0 Å². The van der Waals surface area contributed by atoms with Gasteiger partial charge in [-0.3, -0.25) is 4.90 Å². The maximum atomic E-state index is 13.1. The number of nitrogens with zero attached hydrogens (tertiary/aromatic N) is 6. The third kappa shape index (κ3) is 4.10. The first kappa shape index (κ1) is 19.9. The Morgan fingerprint density at radius 1 is 1.13 bits per heavy atom. The highest BCUT2D eigenvalue weighted by atomic mass is 16.5. The first-order chi connectivity index (χ1) is 15.2. The lowest BCUT2D eigenvalue weighted by Crippen LogP contribution is -2.48. The van der Waals surface area contributed by atoms with Crippen LogP contribution in [0.15, 0.2) is 12.4 Å². The van der Waals surface area contributed by atoms with E-state index in [1.165, 1.54) is 0 Å². The summed E-state index contributed by atoms with van der Waals surface area (Å²) in [5.74, 6) is 1.47. The number of anilines is 3. The molecular weight excluding hydrogens is 398 g/mol. The van der Waals surface area contributed by atoms with E-state index in [0.29, 0.717) is 51.0 Å². The fraction of sp³-hybridized carbons (Fsp3) is 0.550. The van der Waals surface area contributed by atoms with E-state index in [1.807, 2.05) is 0 Å². The summed E-state index contributed by atoms with van der Waals surface area (Å²) in [6, 6.07) is 0.0834. The van der Waals surface area contributed by atoms with Gasteiger partial charge < -0.3 is 26.0 Å². The molecule has 2 aromatic rings. The third-order valence-corrected chi connectivity index (χ3v) is 5.97. The van der Waals surface area contributed by atoms with Gasteiger partial charge >= 0.3 is 6.03 Å². The van der Waals surface area contributed by atoms with Gasteiger partial charge in [-0.15, -0.1) is 0 Å². The van der Waals surface area contributed by atoms with Crippen molar-refractivity contribution in [2.75, 3.05) is 61.5 Å². The van der Waals surface area contributed by atoms with Crippen molar-refractivity contribution in [3.05, 3.63) is 18.0 Å². The quantitative estimate of drug-likeness (QED) is 0.629. The van der Waals surface area contributed by atoms with Gasteiger partial charge in [-0.2, -0.15) is 4.98 Å². The second-order valence-electron chi connectivity index (χ2n) is 7.98. The van der Waals surface area contributed by atoms with E-state index in [0.717, 1.165) is 42.8 Å². The number of amides is 2. The van der Waals surface area contributed by atoms with Crippen LogP contribution >= 0.6 is 0 Å². The van der Waals surface area contributed by atoms with E-state index in [-0.39, 0.29) is 18.0 Å². The summed E-state index contributed by atoms with van der Waals surface area (Å²) in [7, 11) is 0. The Balaban J connectivity index is 1.49. The predicted molar refractivity (Wildman–Crippen MR) is 116 cm³/mol. The summed E-state index contributed by atoms with van der Waals surface area (Å²) in [5, 5.41) is 6.50. The monoisotopic (exact) mass is 425 g/mol. The fourth-order valence-electron chi connectivity index (χ4n) is 4.26. The average Bonchev–Trinajstić information content (AvgIpc) is 3.24. The molecule has 0 unspecified atom stereocenters. The van der Waals surface area contributed by atoms with Gasteiger partial charge in [0.25, 0.3) is 0 Å². The molecule has 0 atom stereocenters. The molecule has 4 N–H and O–H groups in total. The molecule has 0 aromatic carbocycles. The Morgan fingerprint density at radius 2 is 1.87 bits per heavy atom. The minimum atomic E-state index is -0.100. The molecule has 2 aromatic heterocycles. The number of hydrogen-bond donors (Lipinski definition) is 3. The topological polar surface area (TPSA) is 134 Å². The molecule has 11 nitrogen and oxygen atoms in total. The zero-order valence-corrected chi connectivity index (χ0v) is 17.4. The maximum Gasteiger partial charge on any atom is 0.323 e. The van der Waals surface area contributed by atoms with Gasteiger partial charge in [0.05, 0.1) is 18.9 Å². The van der Waals surface area contributed by atoms with Crippen molar-refractivity contribution in [1.29, 1.82) is 0 Å². The van der Waals surface area contributed by atoms with E-state index in [4.69, 9.17) is 20.4 Å². The van der Waals surface area contributed by atoms with E-state index in [2.05, 4.69) is 25.5 Å². The van der Waals surface area contributed by atoms with Gasteiger partial charge in [0.1, 0.15) is 5.82 Å². The number of piperidine rings is 1. The number of nitrogens with one attached hydrogen (secondary N) is 2. The minimum absolute atomic E-state index is 0.100. The number of carbonyl (C=O) groups is 1. The number of nitrogen functional groups attached to an aromatic ring is 1. The number of carbonyl (C=O) groups excluding carboxylic acids is 1. The summed E-state index contributed by atoms with van der Waals surface area (Å²) in [6.45, 7) is 5.07. The molecule has 0 aliphatic carbocycles. The van der Waals surface area contributed by atoms with Gasteiger partial charge in [-0.1, -0.05) is 0 Å². The summed E-state index contributed by atoms with van der Waals surface area (Å²) in [4.78, 5) is 34.9. The molecule has 11 heteroatoms. The summed E-state index contributed by atoms with van der Waals surface area (Å²) in [6.07, 6.45) is 5.89. The van der Waals surface area contributed by atoms with Gasteiger partial charge in [0.2, 0.25) is 11.9 Å². The molecule has 5 heterocycles. The summed E-state index contributed by atoms with van der Waals surface area (Å²) < 4.78 is 5.48. The van der Waals surface area contributed by atoms with E-state index in [9.17, 15) is 4.79 Å². The number of hydrogen-bond acceptors (Lipinski definition) is 9. The highest BCUT2D eigenvalue weighted by Crippen LogP contribution is 2.35. The second-order valence-corrected chi connectivity index (χ2v) is 7.98. The summed E-state index contributed by atoms with van der Waals surface area (Å²) >= 11 is 0. The predicted octanol–water partition coefficient (Wildman–Crippen LogP) is 0.177. The molecule has 0 spiro atoms. The number of nitrogens with two attached hydrogens (primary N) is 1. The number of ether oxygens (including phenoxy) is 1. The molecule has 0 saturated carbocycles. The van der Waals surface area contributed by atoms with Crippen molar-refractivity contribution >= 4 is 23.7 Å². The van der Waals surface area contributed by atoms with E-state index < -0.39 is 0 Å². The van der Waals surface area contributed by atoms with Gasteiger partial charge in [-0.05, 0) is 32.4 Å². The molecule has 3 aliphatic rings. The van der Waals surface area contributed by atoms with Crippen LogP contribution in [0.4, 0.5) is 22.5 Å². The molecule has 31 heavy (non-hydrogen) atoms. The molecule has 0 bridgehead atoms. The van der Waals surface area contributed by atoms with Crippen molar-refractivity contribution in [3.63, 3.8) is 0 Å². The van der Waals surface area contributed by atoms with Crippen LogP contribution in [-0.4, -0.2) is 77.9 Å². The lowest BCUT2D eigenvalue weighted by atomic mass is 10.1. The normalized spacial score (nSPS) is 19.4. The molecule has 0 radical (unpaired) electrons. The Labute approximate surface area is 180 Å². The van der Waals surface area contributed by atoms with Crippen molar-refractivity contribution in [2.45, 2.75) is 25.3 Å². The molecule has 164 valence electrons. The van der Waals surface area contributed by atoms with Crippen LogP contribution in [0.1, 0.15) is 18.4 Å². The standard InChI is InChI=1S/C20H27N9O2/c21-18-23-11-13(12-24-18)16-15-3-6-29(20(30)25-14-1-4-22-5-2-14)17(15)27-19(26-16)28-7-9-31-10-8-28/h11-12,14,22H,1-10H2,(H,25,30)(H2,21,23,24). The van der Waals surface area contributed by atoms with Gasteiger partial charge in [0, 0.05) is 49.2 Å². The molecule has 2 fully saturated rings. The van der Waals surface area contributed by atoms with Gasteiger partial charge in [-0.25, -0.2) is 19.7 Å². The van der Waals surface area contributed by atoms with Crippen molar-refractivity contribution in [3.8, 4) is 11.3 Å². The first-order valence-electron chi connectivity index (χ1n) is 10.8. The average molecular weight is 425 g/mol. The molecule has 3 aliphatic heterocycles. The van der Waals surface area contributed by atoms with E-state index in [1.54, 1.807) is 17.3 Å². The Hall–Kier alpha value is -3.05. The second kappa shape index (κ2) is 8.60. The number of morpholine rings is 1. The fourth-order valence-corrected chi connectivity index (χ4v) is 4.26. The summed E-state index contributed by atoms with van der Waals surface area (Å²) in [5.41, 5.74) is 8.13. The first-order valence-corrected chi connectivity index (χ1v) is 10.8. The Morgan fingerprint density at radius 3 is 2.61 bits per heavy atom. The zero-order chi connectivity index (χ0) is 21.2. The Bertz CT molecular complexity index is 940. The highest BCUT2D eigenvalue weighted by molar-refractivity contribution is 5.94. The third-order valence-electron chi connectivity index (χ3n) is 5.97. The smallest absolute Gasteiger partial charge is 0.323 e. The van der Waals surface area contributed by atoms with Crippen LogP contribution in [0.2, 0.25) is 0 Å². The van der Waals surface area contributed by atoms with E-state index >= 15 is 0 Å².